The maximum Gasteiger partial charge on any atom is 0.231 e. The number of imidazole rings is 1. The van der Waals surface area contributed by atoms with Crippen LogP contribution in [0.25, 0.3) is 16.7 Å². The first-order valence-corrected chi connectivity index (χ1v) is 9.15. The van der Waals surface area contributed by atoms with E-state index in [-0.39, 0.29) is 24.9 Å². The largest absolute Gasteiger partial charge is 0.392 e. The molecular formula is C21H23N5O2. The zero-order chi connectivity index (χ0) is 20.1. The average Bonchev–Trinajstić information content (AvgIpc) is 3.00. The molecule has 0 unspecified atom stereocenters. The minimum absolute atomic E-state index is 0.0181. The van der Waals surface area contributed by atoms with Crippen LogP contribution in [0, 0.1) is 12.3 Å². The molecule has 2 aromatic carbocycles. The van der Waals surface area contributed by atoms with E-state index in [2.05, 4.69) is 14.9 Å². The summed E-state index contributed by atoms with van der Waals surface area (Å²) in [6.07, 6.45) is 0.277. The van der Waals surface area contributed by atoms with E-state index in [4.69, 9.17) is 5.41 Å². The fourth-order valence-electron chi connectivity index (χ4n) is 3.77. The van der Waals surface area contributed by atoms with Crippen molar-refractivity contribution in [3.63, 3.8) is 0 Å². The molecule has 144 valence electrons. The average molecular weight is 377 g/mol. The first-order valence-electron chi connectivity index (χ1n) is 9.15. The number of carbonyl (C=O) groups is 1. The first-order chi connectivity index (χ1) is 13.3. The van der Waals surface area contributed by atoms with Crippen LogP contribution in [0.5, 0.6) is 0 Å². The number of nitrogens with one attached hydrogen (secondary N) is 2. The van der Waals surface area contributed by atoms with Crippen LogP contribution in [0.1, 0.15) is 30.3 Å². The predicted molar refractivity (Wildman–Crippen MR) is 107 cm³/mol. The summed E-state index contributed by atoms with van der Waals surface area (Å²) in [6.45, 7) is 3.87. The number of aliphatic hydroxyl groups excluding tert-OH is 1. The second kappa shape index (κ2) is 6.45. The number of hydrogen-bond donors (Lipinski definition) is 3. The number of rotatable bonds is 3. The van der Waals surface area contributed by atoms with Gasteiger partial charge in [-0.1, -0.05) is 18.2 Å². The number of guanidine groups is 1. The number of fused-ring (bicyclic) bond motifs is 1. The molecular weight excluding hydrogens is 354 g/mol. The summed E-state index contributed by atoms with van der Waals surface area (Å²) in [7, 11) is 1.61. The van der Waals surface area contributed by atoms with Gasteiger partial charge in [-0.3, -0.25) is 19.7 Å². The highest BCUT2D eigenvalue weighted by Crippen LogP contribution is 2.31. The third kappa shape index (κ3) is 2.84. The fraction of sp³-hybridized carbons (Fsp3) is 0.286. The van der Waals surface area contributed by atoms with Gasteiger partial charge in [-0.05, 0) is 49.2 Å². The molecule has 0 saturated carbocycles. The Morgan fingerprint density at radius 3 is 2.79 bits per heavy atom. The highest BCUT2D eigenvalue weighted by atomic mass is 16.3. The summed E-state index contributed by atoms with van der Waals surface area (Å²) in [5.74, 6) is 0.856. The molecule has 1 amide bonds. The van der Waals surface area contributed by atoms with Crippen LogP contribution in [0.3, 0.4) is 0 Å². The quantitative estimate of drug-likeness (QED) is 0.653. The topological polar surface area (TPSA) is 94.2 Å². The monoisotopic (exact) mass is 377 g/mol. The van der Waals surface area contributed by atoms with Crippen molar-refractivity contribution < 1.29 is 9.90 Å². The highest BCUT2D eigenvalue weighted by molar-refractivity contribution is 5.98. The van der Waals surface area contributed by atoms with Crippen LogP contribution in [0.15, 0.2) is 42.5 Å². The van der Waals surface area contributed by atoms with Crippen LogP contribution in [0.2, 0.25) is 0 Å². The van der Waals surface area contributed by atoms with E-state index in [1.165, 1.54) is 4.90 Å². The zero-order valence-electron chi connectivity index (χ0n) is 16.2. The Morgan fingerprint density at radius 1 is 1.29 bits per heavy atom. The number of carbonyl (C=O) groups excluding carboxylic acids is 1. The van der Waals surface area contributed by atoms with Gasteiger partial charge in [-0.15, -0.1) is 0 Å². The van der Waals surface area contributed by atoms with Crippen LogP contribution < -0.4 is 5.32 Å². The van der Waals surface area contributed by atoms with Gasteiger partial charge >= 0.3 is 0 Å². The summed E-state index contributed by atoms with van der Waals surface area (Å²) >= 11 is 0. The second-order valence-electron chi connectivity index (χ2n) is 7.46. The summed E-state index contributed by atoms with van der Waals surface area (Å²) in [5, 5.41) is 20.6. The summed E-state index contributed by atoms with van der Waals surface area (Å²) in [4.78, 5) is 18.3. The van der Waals surface area contributed by atoms with Crippen molar-refractivity contribution >= 4 is 22.9 Å². The Hall–Kier alpha value is -3.19. The van der Waals surface area contributed by atoms with Crippen molar-refractivity contribution in [1.29, 1.82) is 5.41 Å². The molecule has 1 aromatic heterocycles. The minimum Gasteiger partial charge on any atom is -0.392 e. The van der Waals surface area contributed by atoms with Gasteiger partial charge in [-0.25, -0.2) is 4.98 Å². The second-order valence-corrected chi connectivity index (χ2v) is 7.46. The molecule has 3 aromatic rings. The van der Waals surface area contributed by atoms with Gasteiger partial charge in [0.2, 0.25) is 5.91 Å². The Balaban J connectivity index is 1.80. The lowest BCUT2D eigenvalue weighted by Gasteiger charge is -2.39. The molecule has 0 spiro atoms. The van der Waals surface area contributed by atoms with Crippen molar-refractivity contribution in [2.45, 2.75) is 32.4 Å². The lowest BCUT2D eigenvalue weighted by Crippen LogP contribution is -2.58. The molecule has 7 heteroatoms. The normalized spacial score (nSPS) is 19.9. The van der Waals surface area contributed by atoms with E-state index in [1.54, 1.807) is 7.05 Å². The van der Waals surface area contributed by atoms with Crippen molar-refractivity contribution in [3.05, 3.63) is 59.4 Å². The minimum atomic E-state index is -0.648. The van der Waals surface area contributed by atoms with Gasteiger partial charge in [0.05, 0.1) is 29.6 Å². The molecule has 1 saturated heterocycles. The lowest BCUT2D eigenvalue weighted by molar-refractivity contribution is -0.129. The third-order valence-corrected chi connectivity index (χ3v) is 5.42. The highest BCUT2D eigenvalue weighted by Gasteiger charge is 2.38. The fourth-order valence-corrected chi connectivity index (χ4v) is 3.77. The predicted octanol–water partition coefficient (Wildman–Crippen LogP) is 2.43. The van der Waals surface area contributed by atoms with Crippen molar-refractivity contribution in [2.75, 3.05) is 7.05 Å². The van der Waals surface area contributed by atoms with E-state index < -0.39 is 5.54 Å². The number of amides is 1. The SMILES string of the molecule is Cc1nc2cc(CO)ccc2n1-c1cccc([C@]2(C)CC(=O)N(C)C(=N)N2)c1. The van der Waals surface area contributed by atoms with Gasteiger partial charge in [0, 0.05) is 12.7 Å². The van der Waals surface area contributed by atoms with E-state index >= 15 is 0 Å². The van der Waals surface area contributed by atoms with Crippen LogP contribution in [-0.2, 0) is 16.9 Å². The smallest absolute Gasteiger partial charge is 0.231 e. The molecule has 0 bridgehead atoms. The number of benzene rings is 2. The van der Waals surface area contributed by atoms with Gasteiger partial charge in [0.25, 0.3) is 0 Å². The van der Waals surface area contributed by atoms with E-state index in [1.807, 2.05) is 56.3 Å². The van der Waals surface area contributed by atoms with Crippen LogP contribution >= 0.6 is 0 Å². The lowest BCUT2D eigenvalue weighted by atomic mass is 9.86. The standard InChI is InChI=1S/C21H23N5O2/c1-13-23-17-9-14(12-27)7-8-18(17)26(13)16-6-4-5-15(10-16)21(2)11-19(28)25(3)20(22)24-21/h4-10,27H,11-12H2,1-3H3,(H2,22,24)/t21-/m0/s1. The Bertz CT molecular complexity index is 1080. The zero-order valence-corrected chi connectivity index (χ0v) is 16.2. The van der Waals surface area contributed by atoms with E-state index in [0.717, 1.165) is 33.7 Å². The molecule has 2 heterocycles. The molecule has 0 radical (unpaired) electrons. The maximum absolute atomic E-state index is 12.3. The van der Waals surface area contributed by atoms with Gasteiger partial charge in [0.1, 0.15) is 5.82 Å². The molecule has 0 aliphatic carbocycles. The van der Waals surface area contributed by atoms with Crippen molar-refractivity contribution in [3.8, 4) is 5.69 Å². The molecule has 1 aliphatic rings. The number of aromatic nitrogens is 2. The molecule has 7 nitrogen and oxygen atoms in total. The molecule has 1 atom stereocenters. The molecule has 4 rings (SSSR count). The van der Waals surface area contributed by atoms with Crippen LogP contribution in [-0.4, -0.2) is 38.5 Å². The first kappa shape index (κ1) is 18.2. The summed E-state index contributed by atoms with van der Waals surface area (Å²) in [5.41, 5.74) is 3.84. The summed E-state index contributed by atoms with van der Waals surface area (Å²) in [6, 6.07) is 13.7. The third-order valence-electron chi connectivity index (χ3n) is 5.42. The maximum atomic E-state index is 12.3. The van der Waals surface area contributed by atoms with Gasteiger partial charge in [-0.2, -0.15) is 0 Å². The van der Waals surface area contributed by atoms with E-state index in [9.17, 15) is 9.90 Å². The Labute approximate surface area is 163 Å². The van der Waals surface area contributed by atoms with Crippen molar-refractivity contribution in [1.82, 2.24) is 19.8 Å². The number of aryl methyl sites for hydroxylation is 1. The molecule has 28 heavy (non-hydrogen) atoms. The van der Waals surface area contributed by atoms with Crippen LogP contribution in [0.4, 0.5) is 0 Å². The van der Waals surface area contributed by atoms with Crippen molar-refractivity contribution in [2.24, 2.45) is 0 Å². The molecule has 3 N–H and O–H groups in total. The van der Waals surface area contributed by atoms with Gasteiger partial charge < -0.3 is 10.4 Å². The van der Waals surface area contributed by atoms with E-state index in [0.29, 0.717) is 0 Å². The Kier molecular flexibility index (Phi) is 4.19. The number of nitrogens with zero attached hydrogens (tertiary/aromatic N) is 3. The van der Waals surface area contributed by atoms with Gasteiger partial charge in [0.15, 0.2) is 5.96 Å². The molecule has 1 aliphatic heterocycles. The number of hydrogen-bond acceptors (Lipinski definition) is 4. The Morgan fingerprint density at radius 2 is 2.07 bits per heavy atom. The molecule has 1 fully saturated rings. The summed E-state index contributed by atoms with van der Waals surface area (Å²) < 4.78 is 2.06. The number of aliphatic hydroxyl groups is 1.